The van der Waals surface area contributed by atoms with Gasteiger partial charge in [-0.25, -0.2) is 0 Å². The maximum atomic E-state index is 11.6. The molecule has 0 atom stereocenters. The predicted octanol–water partition coefficient (Wildman–Crippen LogP) is 3.63. The standard InChI is InChI=1S/C14H11NO2S/c1-8-12(9(2)16)13(17)10-5-3-4-6-11(10)14(8)18-7-15/h3-6,17H,1-2H3. The van der Waals surface area contributed by atoms with Crippen LogP contribution in [0.5, 0.6) is 5.75 Å². The molecule has 90 valence electrons. The first kappa shape index (κ1) is 12.5. The fraction of sp³-hybridized carbons (Fsp3) is 0.143. The number of thiocyanates is 1. The van der Waals surface area contributed by atoms with Crippen molar-refractivity contribution in [1.29, 1.82) is 5.26 Å². The van der Waals surface area contributed by atoms with Crippen LogP contribution in [-0.4, -0.2) is 10.9 Å². The molecule has 0 bridgehead atoms. The van der Waals surface area contributed by atoms with E-state index < -0.39 is 0 Å². The second-order valence-electron chi connectivity index (χ2n) is 3.97. The fourth-order valence-electron chi connectivity index (χ4n) is 2.12. The summed E-state index contributed by atoms with van der Waals surface area (Å²) in [6, 6.07) is 7.22. The lowest BCUT2D eigenvalue weighted by Gasteiger charge is -2.13. The second-order valence-corrected chi connectivity index (χ2v) is 4.77. The Morgan fingerprint density at radius 3 is 2.50 bits per heavy atom. The first-order valence-corrected chi connectivity index (χ1v) is 6.20. The number of hydrogen-bond acceptors (Lipinski definition) is 4. The number of carbonyl (C=O) groups is 1. The zero-order valence-electron chi connectivity index (χ0n) is 10.0. The molecular formula is C14H11NO2S. The van der Waals surface area contributed by atoms with Gasteiger partial charge in [0.2, 0.25) is 0 Å². The highest BCUT2D eigenvalue weighted by Gasteiger charge is 2.19. The van der Waals surface area contributed by atoms with Gasteiger partial charge in [0.1, 0.15) is 11.2 Å². The van der Waals surface area contributed by atoms with Crippen molar-refractivity contribution in [3.05, 3.63) is 35.4 Å². The third-order valence-corrected chi connectivity index (χ3v) is 3.70. The van der Waals surface area contributed by atoms with E-state index in [2.05, 4.69) is 0 Å². The van der Waals surface area contributed by atoms with Crippen LogP contribution < -0.4 is 0 Å². The number of carbonyl (C=O) groups excluding carboxylic acids is 1. The zero-order chi connectivity index (χ0) is 13.3. The molecule has 2 aromatic carbocycles. The molecule has 18 heavy (non-hydrogen) atoms. The van der Waals surface area contributed by atoms with Gasteiger partial charge in [0.05, 0.1) is 5.56 Å². The van der Waals surface area contributed by atoms with Gasteiger partial charge in [-0.1, -0.05) is 24.3 Å². The van der Waals surface area contributed by atoms with Gasteiger partial charge >= 0.3 is 0 Å². The summed E-state index contributed by atoms with van der Waals surface area (Å²) in [6.07, 6.45) is 0. The van der Waals surface area contributed by atoms with E-state index in [1.165, 1.54) is 6.92 Å². The van der Waals surface area contributed by atoms with E-state index in [0.717, 1.165) is 22.0 Å². The molecule has 0 amide bonds. The normalized spacial score (nSPS) is 10.3. The highest BCUT2D eigenvalue weighted by atomic mass is 32.2. The number of hydrogen-bond donors (Lipinski definition) is 1. The molecule has 0 fully saturated rings. The minimum absolute atomic E-state index is 0.00195. The summed E-state index contributed by atoms with van der Waals surface area (Å²) in [4.78, 5) is 12.4. The highest BCUT2D eigenvalue weighted by Crippen LogP contribution is 2.39. The Morgan fingerprint density at radius 1 is 1.33 bits per heavy atom. The monoisotopic (exact) mass is 257 g/mol. The first-order chi connectivity index (χ1) is 8.57. The number of nitriles is 1. The number of rotatable bonds is 2. The van der Waals surface area contributed by atoms with E-state index in [4.69, 9.17) is 5.26 Å². The zero-order valence-corrected chi connectivity index (χ0v) is 10.8. The van der Waals surface area contributed by atoms with Crippen molar-refractivity contribution in [2.45, 2.75) is 18.7 Å². The summed E-state index contributed by atoms with van der Waals surface area (Å²) in [5.41, 5.74) is 0.955. The van der Waals surface area contributed by atoms with E-state index in [0.29, 0.717) is 16.5 Å². The van der Waals surface area contributed by atoms with Crippen LogP contribution in [0.3, 0.4) is 0 Å². The highest BCUT2D eigenvalue weighted by molar-refractivity contribution is 8.04. The Hall–Kier alpha value is -1.99. The Morgan fingerprint density at radius 2 is 1.94 bits per heavy atom. The van der Waals surface area contributed by atoms with Crippen molar-refractivity contribution < 1.29 is 9.90 Å². The summed E-state index contributed by atoms with van der Waals surface area (Å²) in [7, 11) is 0. The van der Waals surface area contributed by atoms with Gasteiger partial charge in [0, 0.05) is 15.7 Å². The molecule has 0 radical (unpaired) electrons. The van der Waals surface area contributed by atoms with Crippen LogP contribution in [0.2, 0.25) is 0 Å². The summed E-state index contributed by atoms with van der Waals surface area (Å²) < 4.78 is 0. The Balaban J connectivity index is 2.97. The molecule has 3 nitrogen and oxygen atoms in total. The molecule has 0 aliphatic rings. The second kappa shape index (κ2) is 4.71. The SMILES string of the molecule is CC(=O)c1c(C)c(SC#N)c2ccccc2c1O. The van der Waals surface area contributed by atoms with Crippen molar-refractivity contribution >= 4 is 28.3 Å². The van der Waals surface area contributed by atoms with Gasteiger partial charge in [0.25, 0.3) is 0 Å². The summed E-state index contributed by atoms with van der Waals surface area (Å²) in [5.74, 6) is -0.201. The molecule has 0 aliphatic heterocycles. The number of phenolic OH excluding ortho intramolecular Hbond substituents is 1. The molecule has 4 heteroatoms. The lowest BCUT2D eigenvalue weighted by atomic mass is 9.98. The van der Waals surface area contributed by atoms with Crippen LogP contribution in [0.1, 0.15) is 22.8 Å². The quantitative estimate of drug-likeness (QED) is 0.507. The number of benzene rings is 2. The summed E-state index contributed by atoms with van der Waals surface area (Å²) in [6.45, 7) is 3.17. The lowest BCUT2D eigenvalue weighted by molar-refractivity contribution is 0.101. The number of aromatic hydroxyl groups is 1. The largest absolute Gasteiger partial charge is 0.507 e. The minimum atomic E-state index is -0.199. The molecule has 0 unspecified atom stereocenters. The number of phenols is 1. The van der Waals surface area contributed by atoms with Crippen molar-refractivity contribution in [2.75, 3.05) is 0 Å². The van der Waals surface area contributed by atoms with Gasteiger partial charge in [-0.05, 0) is 31.2 Å². The molecule has 1 N–H and O–H groups in total. The summed E-state index contributed by atoms with van der Waals surface area (Å²) >= 11 is 1.01. The van der Waals surface area contributed by atoms with Gasteiger partial charge in [-0.2, -0.15) is 5.26 Å². The van der Waals surface area contributed by atoms with Gasteiger partial charge in [-0.15, -0.1) is 0 Å². The first-order valence-electron chi connectivity index (χ1n) is 5.39. The molecule has 0 aromatic heterocycles. The smallest absolute Gasteiger partial charge is 0.163 e. The Bertz CT molecular complexity index is 686. The van der Waals surface area contributed by atoms with E-state index in [1.807, 2.05) is 17.5 Å². The van der Waals surface area contributed by atoms with Crippen molar-refractivity contribution in [3.8, 4) is 11.2 Å². The molecule has 0 heterocycles. The van der Waals surface area contributed by atoms with Crippen molar-refractivity contribution in [1.82, 2.24) is 0 Å². The molecule has 0 aliphatic carbocycles. The Kier molecular flexibility index (Phi) is 3.26. The third-order valence-electron chi connectivity index (χ3n) is 2.88. The van der Waals surface area contributed by atoms with Crippen LogP contribution in [0.15, 0.2) is 29.2 Å². The van der Waals surface area contributed by atoms with E-state index in [-0.39, 0.29) is 11.5 Å². The van der Waals surface area contributed by atoms with Gasteiger partial charge in [-0.3, -0.25) is 4.79 Å². The number of nitrogens with zero attached hydrogens (tertiary/aromatic N) is 1. The average molecular weight is 257 g/mol. The van der Waals surface area contributed by atoms with Crippen LogP contribution >= 0.6 is 11.8 Å². The third kappa shape index (κ3) is 1.83. The fourth-order valence-corrected chi connectivity index (χ4v) is 2.76. The topological polar surface area (TPSA) is 61.1 Å². The van der Waals surface area contributed by atoms with Crippen molar-refractivity contribution in [3.63, 3.8) is 0 Å². The maximum absolute atomic E-state index is 11.6. The van der Waals surface area contributed by atoms with Crippen LogP contribution in [0.4, 0.5) is 0 Å². The van der Waals surface area contributed by atoms with Crippen LogP contribution in [-0.2, 0) is 0 Å². The van der Waals surface area contributed by atoms with Gasteiger partial charge in [0.15, 0.2) is 5.78 Å². The molecule has 2 aromatic rings. The molecule has 2 rings (SSSR count). The molecule has 0 spiro atoms. The molecule has 0 saturated carbocycles. The summed E-state index contributed by atoms with van der Waals surface area (Å²) in [5, 5.41) is 22.5. The maximum Gasteiger partial charge on any atom is 0.163 e. The van der Waals surface area contributed by atoms with E-state index in [9.17, 15) is 9.90 Å². The number of Topliss-reactive ketones (excluding diaryl/α,β-unsaturated/α-hetero) is 1. The van der Waals surface area contributed by atoms with Crippen LogP contribution in [0.25, 0.3) is 10.8 Å². The molecule has 0 saturated heterocycles. The van der Waals surface area contributed by atoms with E-state index in [1.54, 1.807) is 19.1 Å². The number of ketones is 1. The number of fused-ring (bicyclic) bond motifs is 1. The minimum Gasteiger partial charge on any atom is -0.507 e. The predicted molar refractivity (Wildman–Crippen MR) is 71.8 cm³/mol. The number of thioether (sulfide) groups is 1. The lowest BCUT2D eigenvalue weighted by Crippen LogP contribution is -1.99. The molecular weight excluding hydrogens is 246 g/mol. The van der Waals surface area contributed by atoms with Crippen LogP contribution in [0, 0.1) is 17.6 Å². The Labute approximate surface area is 109 Å². The van der Waals surface area contributed by atoms with Gasteiger partial charge < -0.3 is 5.11 Å². The van der Waals surface area contributed by atoms with Crippen molar-refractivity contribution in [2.24, 2.45) is 0 Å². The average Bonchev–Trinajstić information content (AvgIpc) is 2.34. The van der Waals surface area contributed by atoms with E-state index >= 15 is 0 Å².